The number of nitrogens with one attached hydrogen (secondary N) is 2. The van der Waals surface area contributed by atoms with Gasteiger partial charge < -0.3 is 10.6 Å². The molecule has 1 saturated heterocycles. The third-order valence-electron chi connectivity index (χ3n) is 4.37. The molecule has 0 bridgehead atoms. The molecule has 1 spiro atoms. The molecule has 2 saturated carbocycles. The highest BCUT2D eigenvalue weighted by atomic mass is 16.2. The molecule has 3 aliphatic rings. The van der Waals surface area contributed by atoms with Gasteiger partial charge in [0.1, 0.15) is 0 Å². The molecular weight excluding hydrogens is 188 g/mol. The fourth-order valence-electron chi connectivity index (χ4n) is 2.89. The minimum absolute atomic E-state index is 0.337. The Morgan fingerprint density at radius 1 is 1.33 bits per heavy atom. The monoisotopic (exact) mass is 208 g/mol. The van der Waals surface area contributed by atoms with E-state index in [1.165, 1.54) is 25.7 Å². The van der Waals surface area contributed by atoms with Gasteiger partial charge in [0.15, 0.2) is 0 Å². The van der Waals surface area contributed by atoms with Crippen molar-refractivity contribution in [3.63, 3.8) is 0 Å². The molecule has 15 heavy (non-hydrogen) atoms. The number of amides is 1. The predicted octanol–water partition coefficient (Wildman–Crippen LogP) is 0.902. The summed E-state index contributed by atoms with van der Waals surface area (Å²) < 4.78 is 0. The molecule has 0 aromatic heterocycles. The van der Waals surface area contributed by atoms with E-state index in [0.29, 0.717) is 17.2 Å². The average molecular weight is 208 g/mol. The Kier molecular flexibility index (Phi) is 2.23. The van der Waals surface area contributed by atoms with Crippen molar-refractivity contribution in [3.05, 3.63) is 0 Å². The summed E-state index contributed by atoms with van der Waals surface area (Å²) in [6, 6.07) is 0. The van der Waals surface area contributed by atoms with Gasteiger partial charge >= 0.3 is 0 Å². The molecule has 1 aliphatic heterocycles. The summed E-state index contributed by atoms with van der Waals surface area (Å²) in [7, 11) is 0. The largest absolute Gasteiger partial charge is 0.356 e. The Hall–Kier alpha value is -0.570. The summed E-state index contributed by atoms with van der Waals surface area (Å²) in [6.45, 7) is 3.14. The van der Waals surface area contributed by atoms with Crippen molar-refractivity contribution in [1.82, 2.24) is 10.6 Å². The molecular formula is C12H20N2O. The van der Waals surface area contributed by atoms with Crippen LogP contribution < -0.4 is 10.6 Å². The minimum atomic E-state index is 0.337. The van der Waals surface area contributed by atoms with Crippen LogP contribution in [-0.4, -0.2) is 25.5 Å². The lowest BCUT2D eigenvalue weighted by atomic mass is 9.92. The van der Waals surface area contributed by atoms with Crippen LogP contribution in [0.2, 0.25) is 0 Å². The molecule has 84 valence electrons. The zero-order valence-electron chi connectivity index (χ0n) is 9.22. The van der Waals surface area contributed by atoms with Crippen molar-refractivity contribution in [2.75, 3.05) is 19.6 Å². The van der Waals surface area contributed by atoms with Gasteiger partial charge in [0, 0.05) is 12.5 Å². The van der Waals surface area contributed by atoms with Crippen molar-refractivity contribution in [3.8, 4) is 0 Å². The van der Waals surface area contributed by atoms with E-state index in [4.69, 9.17) is 0 Å². The Balaban J connectivity index is 1.48. The molecule has 3 rings (SSSR count). The van der Waals surface area contributed by atoms with Gasteiger partial charge in [-0.25, -0.2) is 0 Å². The van der Waals surface area contributed by atoms with Gasteiger partial charge in [0.2, 0.25) is 5.91 Å². The van der Waals surface area contributed by atoms with E-state index in [9.17, 15) is 4.79 Å². The van der Waals surface area contributed by atoms with E-state index in [-0.39, 0.29) is 0 Å². The standard InChI is InChI=1S/C12H20N2O/c15-11(14-8-9-1-2-9)10-7-12(10)3-5-13-6-4-12/h9-10,13H,1-8H2,(H,14,15)/t10-/m1/s1. The van der Waals surface area contributed by atoms with Crippen LogP contribution in [0.3, 0.4) is 0 Å². The van der Waals surface area contributed by atoms with E-state index in [1.54, 1.807) is 0 Å². The maximum Gasteiger partial charge on any atom is 0.223 e. The van der Waals surface area contributed by atoms with Gasteiger partial charge in [-0.15, -0.1) is 0 Å². The fourth-order valence-corrected chi connectivity index (χ4v) is 2.89. The summed E-state index contributed by atoms with van der Waals surface area (Å²) in [6.07, 6.45) is 6.19. The number of piperidine rings is 1. The number of rotatable bonds is 3. The predicted molar refractivity (Wildman–Crippen MR) is 58.4 cm³/mol. The van der Waals surface area contributed by atoms with E-state index in [0.717, 1.165) is 32.0 Å². The third-order valence-corrected chi connectivity index (χ3v) is 4.37. The number of carbonyl (C=O) groups is 1. The Labute approximate surface area is 91.0 Å². The molecule has 1 atom stereocenters. The molecule has 0 radical (unpaired) electrons. The normalized spacial score (nSPS) is 32.7. The number of hydrogen-bond donors (Lipinski definition) is 2. The van der Waals surface area contributed by atoms with Crippen LogP contribution in [0.1, 0.15) is 32.1 Å². The molecule has 2 N–H and O–H groups in total. The minimum Gasteiger partial charge on any atom is -0.356 e. The van der Waals surface area contributed by atoms with Gasteiger partial charge in [-0.2, -0.15) is 0 Å². The SMILES string of the molecule is O=C(NCC1CC1)[C@H]1CC12CCNCC2. The molecule has 0 aromatic rings. The first kappa shape index (κ1) is 9.64. The van der Waals surface area contributed by atoms with Crippen LogP contribution in [0, 0.1) is 17.3 Å². The fraction of sp³-hybridized carbons (Fsp3) is 0.917. The summed E-state index contributed by atoms with van der Waals surface area (Å²) in [5.74, 6) is 1.49. The maximum absolute atomic E-state index is 11.9. The van der Waals surface area contributed by atoms with Crippen molar-refractivity contribution in [2.45, 2.75) is 32.1 Å². The highest BCUT2D eigenvalue weighted by Gasteiger charge is 2.57. The van der Waals surface area contributed by atoms with Crippen molar-refractivity contribution >= 4 is 5.91 Å². The average Bonchev–Trinajstić information content (AvgIpc) is 3.14. The summed E-state index contributed by atoms with van der Waals surface area (Å²) >= 11 is 0. The van der Waals surface area contributed by atoms with Gasteiger partial charge in [0.05, 0.1) is 0 Å². The molecule has 0 unspecified atom stereocenters. The second-order valence-electron chi connectivity index (χ2n) is 5.56. The Morgan fingerprint density at radius 2 is 2.07 bits per heavy atom. The highest BCUT2D eigenvalue weighted by molar-refractivity contribution is 5.82. The van der Waals surface area contributed by atoms with Crippen LogP contribution in [0.5, 0.6) is 0 Å². The molecule has 0 aromatic carbocycles. The Morgan fingerprint density at radius 3 is 2.73 bits per heavy atom. The van der Waals surface area contributed by atoms with Gasteiger partial charge in [0.25, 0.3) is 0 Å². The summed E-state index contributed by atoms with van der Waals surface area (Å²) in [5, 5.41) is 6.49. The van der Waals surface area contributed by atoms with E-state index in [1.807, 2.05) is 0 Å². The van der Waals surface area contributed by atoms with Crippen molar-refractivity contribution in [2.24, 2.45) is 17.3 Å². The van der Waals surface area contributed by atoms with E-state index >= 15 is 0 Å². The van der Waals surface area contributed by atoms with Crippen LogP contribution in [0.25, 0.3) is 0 Å². The van der Waals surface area contributed by atoms with Crippen LogP contribution in [-0.2, 0) is 4.79 Å². The molecule has 3 heteroatoms. The topological polar surface area (TPSA) is 41.1 Å². The first-order chi connectivity index (χ1) is 7.30. The zero-order valence-corrected chi connectivity index (χ0v) is 9.22. The summed E-state index contributed by atoms with van der Waals surface area (Å²) in [4.78, 5) is 11.9. The maximum atomic E-state index is 11.9. The van der Waals surface area contributed by atoms with Crippen LogP contribution in [0.15, 0.2) is 0 Å². The van der Waals surface area contributed by atoms with Gasteiger partial charge in [-0.1, -0.05) is 0 Å². The Bertz CT molecular complexity index is 267. The van der Waals surface area contributed by atoms with Crippen molar-refractivity contribution < 1.29 is 4.79 Å². The van der Waals surface area contributed by atoms with Crippen molar-refractivity contribution in [1.29, 1.82) is 0 Å². The third kappa shape index (κ3) is 1.89. The van der Waals surface area contributed by atoms with Crippen LogP contribution in [0.4, 0.5) is 0 Å². The van der Waals surface area contributed by atoms with Gasteiger partial charge in [-0.3, -0.25) is 4.79 Å². The quantitative estimate of drug-likeness (QED) is 0.723. The molecule has 3 nitrogen and oxygen atoms in total. The van der Waals surface area contributed by atoms with Crippen LogP contribution >= 0.6 is 0 Å². The number of hydrogen-bond acceptors (Lipinski definition) is 2. The highest BCUT2D eigenvalue weighted by Crippen LogP contribution is 2.58. The summed E-state index contributed by atoms with van der Waals surface area (Å²) in [5.41, 5.74) is 0.402. The van der Waals surface area contributed by atoms with Gasteiger partial charge in [-0.05, 0) is 56.5 Å². The smallest absolute Gasteiger partial charge is 0.223 e. The lowest BCUT2D eigenvalue weighted by Crippen LogP contribution is -2.34. The molecule has 1 heterocycles. The van der Waals surface area contributed by atoms with E-state index in [2.05, 4.69) is 10.6 Å². The second-order valence-corrected chi connectivity index (χ2v) is 5.56. The first-order valence-electron chi connectivity index (χ1n) is 6.29. The van der Waals surface area contributed by atoms with E-state index < -0.39 is 0 Å². The molecule has 1 amide bonds. The zero-order chi connectivity index (χ0) is 10.3. The first-order valence-corrected chi connectivity index (χ1v) is 6.29. The molecule has 2 aliphatic carbocycles. The second kappa shape index (κ2) is 3.48. The lowest BCUT2D eigenvalue weighted by molar-refractivity contribution is -0.123. The lowest BCUT2D eigenvalue weighted by Gasteiger charge is -2.23. The number of carbonyl (C=O) groups excluding carboxylic acids is 1. The molecule has 3 fully saturated rings.